The molecule has 2 fully saturated rings. The number of hydrogen-bond acceptors (Lipinski definition) is 8. The Hall–Kier alpha value is -1.94. The molecule has 4 aliphatic rings. The lowest BCUT2D eigenvalue weighted by Crippen LogP contribution is -2.80. The van der Waals surface area contributed by atoms with Gasteiger partial charge in [-0.15, -0.1) is 0 Å². The Morgan fingerprint density at radius 3 is 2.55 bits per heavy atom. The molecule has 0 saturated carbocycles. The fourth-order valence-electron chi connectivity index (χ4n) is 4.28. The number of piperazine rings is 1. The number of amides is 1. The minimum atomic E-state index is -2.97. The first-order valence-electron chi connectivity index (χ1n) is 10.8. The fraction of sp³-hybridized carbons (Fsp3) is 0.762. The highest BCUT2D eigenvalue weighted by atomic mass is 32.2. The third-order valence-corrected chi connectivity index (χ3v) is 7.85. The summed E-state index contributed by atoms with van der Waals surface area (Å²) >= 11 is 0. The van der Waals surface area contributed by atoms with Crippen LogP contribution in [-0.4, -0.2) is 98.0 Å². The van der Waals surface area contributed by atoms with Crippen LogP contribution in [0.25, 0.3) is 0 Å². The van der Waals surface area contributed by atoms with Gasteiger partial charge in [0, 0.05) is 25.6 Å². The Morgan fingerprint density at radius 1 is 1.26 bits per heavy atom. The van der Waals surface area contributed by atoms with E-state index in [0.29, 0.717) is 38.5 Å². The number of aliphatic imine (C=N–C) groups is 2. The molecule has 0 aromatic carbocycles. The Morgan fingerprint density at radius 2 is 2.03 bits per heavy atom. The van der Waals surface area contributed by atoms with Crippen molar-refractivity contribution >= 4 is 28.1 Å². The number of rotatable bonds is 4. The van der Waals surface area contributed by atoms with Crippen molar-refractivity contribution in [3.63, 3.8) is 0 Å². The quantitative estimate of drug-likeness (QED) is 0.601. The number of carbonyl (C=O) groups is 1. The number of guanidine groups is 1. The minimum Gasteiger partial charge on any atom is -0.444 e. The van der Waals surface area contributed by atoms with Gasteiger partial charge < -0.3 is 14.4 Å². The van der Waals surface area contributed by atoms with Gasteiger partial charge in [-0.05, 0) is 45.6 Å². The highest BCUT2D eigenvalue weighted by molar-refractivity contribution is 7.91. The molecule has 0 N–H and O–H groups in total. The number of ether oxygens (including phenoxy) is 2. The van der Waals surface area contributed by atoms with Crippen molar-refractivity contribution in [2.45, 2.75) is 69.1 Å². The van der Waals surface area contributed by atoms with E-state index in [1.807, 2.05) is 26.8 Å². The number of sulfone groups is 1. The zero-order chi connectivity index (χ0) is 22.4. The minimum absolute atomic E-state index is 0.172. The summed E-state index contributed by atoms with van der Waals surface area (Å²) in [4.78, 5) is 25.2. The van der Waals surface area contributed by atoms with Crippen LogP contribution in [0.15, 0.2) is 21.6 Å². The fourth-order valence-corrected chi connectivity index (χ4v) is 5.27. The van der Waals surface area contributed by atoms with E-state index in [9.17, 15) is 13.2 Å². The standard InChI is InChI=1S/C21H32N4O5S/c1-21(2,3)30-20(26)25-12-17-18(25)11-24(17)19-22-9-15(10-23-19)29-13-14-5-7-16(8-6-14)31(4,27)28/h5,9,15-18H,6-8,10-13H2,1-4H3. The molecule has 1 amide bonds. The predicted molar refractivity (Wildman–Crippen MR) is 118 cm³/mol. The average Bonchev–Trinajstić information content (AvgIpc) is 2.67. The first-order chi connectivity index (χ1) is 14.5. The van der Waals surface area contributed by atoms with E-state index in [0.717, 1.165) is 18.5 Å². The highest BCUT2D eigenvalue weighted by Crippen LogP contribution is 2.35. The second kappa shape index (κ2) is 8.20. The molecular weight excluding hydrogens is 420 g/mol. The van der Waals surface area contributed by atoms with E-state index >= 15 is 0 Å². The SMILES string of the molecule is CC(C)(C)OC(=O)N1CC2C1CN2C1=NCC(OCC2=CCC(S(C)(=O)=O)CC2)C=N1. The zero-order valence-electron chi connectivity index (χ0n) is 18.7. The van der Waals surface area contributed by atoms with Gasteiger partial charge in [0.2, 0.25) is 5.96 Å². The number of nitrogens with zero attached hydrogens (tertiary/aromatic N) is 4. The summed E-state index contributed by atoms with van der Waals surface area (Å²) in [5.74, 6) is 0.706. The van der Waals surface area contributed by atoms with Gasteiger partial charge >= 0.3 is 6.09 Å². The van der Waals surface area contributed by atoms with E-state index in [1.165, 1.54) is 6.26 Å². The molecule has 4 rings (SSSR count). The summed E-state index contributed by atoms with van der Waals surface area (Å²) < 4.78 is 34.7. The molecule has 3 heterocycles. The van der Waals surface area contributed by atoms with Crippen LogP contribution in [0.4, 0.5) is 4.79 Å². The molecule has 0 radical (unpaired) electrons. The number of allylic oxidation sites excluding steroid dienone is 1. The molecule has 172 valence electrons. The van der Waals surface area contributed by atoms with Crippen molar-refractivity contribution in [3.8, 4) is 0 Å². The Balaban J connectivity index is 1.19. The maximum Gasteiger partial charge on any atom is 0.410 e. The van der Waals surface area contributed by atoms with E-state index in [2.05, 4.69) is 14.9 Å². The summed E-state index contributed by atoms with van der Waals surface area (Å²) in [6, 6.07) is 0.437. The maximum atomic E-state index is 12.2. The van der Waals surface area contributed by atoms with Gasteiger partial charge in [0.05, 0.1) is 30.5 Å². The molecule has 4 unspecified atom stereocenters. The van der Waals surface area contributed by atoms with Gasteiger partial charge in [0.25, 0.3) is 0 Å². The lowest BCUT2D eigenvalue weighted by atomic mass is 9.86. The molecule has 9 nitrogen and oxygen atoms in total. The number of carbonyl (C=O) groups excluding carboxylic acids is 1. The molecule has 0 aromatic heterocycles. The monoisotopic (exact) mass is 452 g/mol. The van der Waals surface area contributed by atoms with Crippen LogP contribution < -0.4 is 0 Å². The molecule has 1 aliphatic carbocycles. The van der Waals surface area contributed by atoms with E-state index in [1.54, 1.807) is 11.1 Å². The summed E-state index contributed by atoms with van der Waals surface area (Å²) in [6.07, 6.45) is 6.65. The van der Waals surface area contributed by atoms with Crippen LogP contribution in [0.3, 0.4) is 0 Å². The molecule has 0 spiro atoms. The second-order valence-corrected chi connectivity index (χ2v) is 12.1. The summed E-state index contributed by atoms with van der Waals surface area (Å²) in [7, 11) is -2.97. The zero-order valence-corrected chi connectivity index (χ0v) is 19.5. The van der Waals surface area contributed by atoms with E-state index in [4.69, 9.17) is 9.47 Å². The molecule has 0 bridgehead atoms. The summed E-state index contributed by atoms with van der Waals surface area (Å²) in [5.41, 5.74) is 0.659. The third kappa shape index (κ3) is 4.95. The lowest BCUT2D eigenvalue weighted by Gasteiger charge is -2.61. The first-order valence-corrected chi connectivity index (χ1v) is 12.8. The van der Waals surface area contributed by atoms with Gasteiger partial charge in [-0.25, -0.2) is 23.2 Å². The van der Waals surface area contributed by atoms with Gasteiger partial charge in [-0.1, -0.05) is 6.08 Å². The molecule has 0 aromatic rings. The van der Waals surface area contributed by atoms with Gasteiger partial charge in [0.15, 0.2) is 9.84 Å². The van der Waals surface area contributed by atoms with E-state index in [-0.39, 0.29) is 29.5 Å². The normalized spacial score (nSPS) is 30.6. The van der Waals surface area contributed by atoms with Crippen LogP contribution in [0.5, 0.6) is 0 Å². The number of fused-ring (bicyclic) bond motifs is 1. The summed E-state index contributed by atoms with van der Waals surface area (Å²) in [6.45, 7) is 7.97. The number of hydrogen-bond donors (Lipinski definition) is 0. The molecule has 4 atom stereocenters. The Bertz CT molecular complexity index is 921. The largest absolute Gasteiger partial charge is 0.444 e. The predicted octanol–water partition coefficient (Wildman–Crippen LogP) is 1.64. The van der Waals surface area contributed by atoms with Gasteiger partial charge in [-0.3, -0.25) is 4.90 Å². The van der Waals surface area contributed by atoms with Crippen LogP contribution in [-0.2, 0) is 19.3 Å². The Kier molecular flexibility index (Phi) is 5.89. The van der Waals surface area contributed by atoms with Crippen molar-refractivity contribution in [3.05, 3.63) is 11.6 Å². The van der Waals surface area contributed by atoms with Gasteiger partial charge in [-0.2, -0.15) is 0 Å². The van der Waals surface area contributed by atoms with Crippen molar-refractivity contribution in [2.24, 2.45) is 9.98 Å². The molecule has 31 heavy (non-hydrogen) atoms. The van der Waals surface area contributed by atoms with Crippen LogP contribution >= 0.6 is 0 Å². The molecule has 10 heteroatoms. The molecular formula is C21H32N4O5S. The third-order valence-electron chi connectivity index (χ3n) is 6.21. The van der Waals surface area contributed by atoms with Crippen LogP contribution in [0.1, 0.15) is 40.0 Å². The summed E-state index contributed by atoms with van der Waals surface area (Å²) in [5, 5.41) is -0.266. The van der Waals surface area contributed by atoms with Crippen molar-refractivity contribution < 1.29 is 22.7 Å². The molecule has 3 aliphatic heterocycles. The van der Waals surface area contributed by atoms with E-state index < -0.39 is 15.4 Å². The highest BCUT2D eigenvalue weighted by Gasteiger charge is 2.55. The smallest absolute Gasteiger partial charge is 0.410 e. The molecule has 2 saturated heterocycles. The van der Waals surface area contributed by atoms with Crippen LogP contribution in [0.2, 0.25) is 0 Å². The lowest BCUT2D eigenvalue weighted by molar-refractivity contribution is -0.0901. The van der Waals surface area contributed by atoms with Crippen molar-refractivity contribution in [2.75, 3.05) is 32.5 Å². The first kappa shape index (κ1) is 22.3. The van der Waals surface area contributed by atoms with Crippen LogP contribution in [0, 0.1) is 0 Å². The van der Waals surface area contributed by atoms with Crippen molar-refractivity contribution in [1.82, 2.24) is 9.80 Å². The Labute approximate surface area is 184 Å². The number of likely N-dealkylation sites (tertiary alicyclic amines) is 2. The second-order valence-electron chi connectivity index (χ2n) is 9.78. The van der Waals surface area contributed by atoms with Crippen molar-refractivity contribution in [1.29, 1.82) is 0 Å². The van der Waals surface area contributed by atoms with Gasteiger partial charge in [0.1, 0.15) is 11.7 Å². The maximum absolute atomic E-state index is 12.2. The topological polar surface area (TPSA) is 101 Å². The average molecular weight is 453 g/mol.